The molecule has 0 bridgehead atoms. The Hall–Kier alpha value is -3.62. The first kappa shape index (κ1) is 18.2. The Kier molecular flexibility index (Phi) is 5.20. The maximum atomic E-state index is 13.2. The number of aromatic amines is 1. The van der Waals surface area contributed by atoms with Gasteiger partial charge in [-0.2, -0.15) is 5.10 Å². The summed E-state index contributed by atoms with van der Waals surface area (Å²) >= 11 is 0. The highest BCUT2D eigenvalue weighted by atomic mass is 19.1. The van der Waals surface area contributed by atoms with Gasteiger partial charge in [0.05, 0.1) is 38.8 Å². The summed E-state index contributed by atoms with van der Waals surface area (Å²) in [7, 11) is 4.56. The molecule has 9 heteroatoms. The van der Waals surface area contributed by atoms with Gasteiger partial charge < -0.3 is 19.5 Å². The third kappa shape index (κ3) is 3.81. The second-order valence-corrected chi connectivity index (χ2v) is 5.43. The summed E-state index contributed by atoms with van der Waals surface area (Å²) in [5.41, 5.74) is 1.42. The molecule has 2 aromatic heterocycles. The smallest absolute Gasteiger partial charge is 0.258 e. The summed E-state index contributed by atoms with van der Waals surface area (Å²) in [4.78, 5) is 15.8. The van der Waals surface area contributed by atoms with Crippen LogP contribution in [-0.4, -0.2) is 42.4 Å². The highest BCUT2D eigenvalue weighted by Gasteiger charge is 2.16. The Labute approximate surface area is 154 Å². The zero-order valence-corrected chi connectivity index (χ0v) is 14.9. The number of anilines is 1. The number of nitrogens with one attached hydrogen (secondary N) is 2. The largest absolute Gasteiger partial charge is 0.493 e. The van der Waals surface area contributed by atoms with Gasteiger partial charge in [-0.1, -0.05) is 0 Å². The molecule has 27 heavy (non-hydrogen) atoms. The van der Waals surface area contributed by atoms with Crippen LogP contribution in [0.25, 0.3) is 11.3 Å². The van der Waals surface area contributed by atoms with E-state index < -0.39 is 11.7 Å². The number of carbonyl (C=O) groups excluding carboxylic acids is 1. The quantitative estimate of drug-likeness (QED) is 0.690. The van der Waals surface area contributed by atoms with Gasteiger partial charge in [-0.3, -0.25) is 14.9 Å². The van der Waals surface area contributed by atoms with Crippen molar-refractivity contribution < 1.29 is 23.4 Å². The van der Waals surface area contributed by atoms with Gasteiger partial charge in [-0.15, -0.1) is 0 Å². The minimum absolute atomic E-state index is 0.0901. The normalized spacial score (nSPS) is 10.4. The van der Waals surface area contributed by atoms with E-state index in [4.69, 9.17) is 14.2 Å². The van der Waals surface area contributed by atoms with E-state index in [1.165, 1.54) is 27.5 Å². The minimum Gasteiger partial charge on any atom is -0.493 e. The maximum Gasteiger partial charge on any atom is 0.258 e. The number of halogens is 1. The Morgan fingerprint density at radius 1 is 1.04 bits per heavy atom. The number of methoxy groups -OCH3 is 3. The van der Waals surface area contributed by atoms with Crippen molar-refractivity contribution in [3.05, 3.63) is 48.0 Å². The predicted molar refractivity (Wildman–Crippen MR) is 95.8 cm³/mol. The predicted octanol–water partition coefficient (Wildman–Crippen LogP) is 2.89. The minimum atomic E-state index is -0.595. The number of nitrogens with zero attached hydrogens (tertiary/aromatic N) is 2. The second kappa shape index (κ2) is 7.73. The lowest BCUT2D eigenvalue weighted by atomic mass is 10.1. The van der Waals surface area contributed by atoms with E-state index >= 15 is 0 Å². The molecular weight excluding hydrogens is 355 g/mol. The zero-order chi connectivity index (χ0) is 19.4. The molecule has 1 amide bonds. The van der Waals surface area contributed by atoms with E-state index in [0.717, 1.165) is 12.3 Å². The average Bonchev–Trinajstić information content (AvgIpc) is 3.15. The molecule has 0 aliphatic heterocycles. The molecule has 0 aliphatic carbocycles. The number of ether oxygens (including phenoxy) is 3. The molecule has 0 spiro atoms. The van der Waals surface area contributed by atoms with Crippen molar-refractivity contribution in [3.63, 3.8) is 0 Å². The molecule has 2 N–H and O–H groups in total. The van der Waals surface area contributed by atoms with Crippen molar-refractivity contribution in [2.75, 3.05) is 26.6 Å². The fraction of sp³-hybridized carbons (Fsp3) is 0.167. The standard InChI is InChI=1S/C18H17FN4O4/c1-25-14-5-10(6-15(26-2)17(14)27-3)13-7-16(23-22-13)21-18(24)11-4-12(19)9-20-8-11/h4-9H,1-3H3,(H2,21,22,23,24). The fourth-order valence-electron chi connectivity index (χ4n) is 2.49. The lowest BCUT2D eigenvalue weighted by Gasteiger charge is -2.13. The summed E-state index contributed by atoms with van der Waals surface area (Å²) in [6.07, 6.45) is 2.29. The molecule has 0 saturated heterocycles. The lowest BCUT2D eigenvalue weighted by molar-refractivity contribution is 0.102. The number of aromatic nitrogens is 3. The molecule has 3 rings (SSSR count). The molecule has 0 saturated carbocycles. The van der Waals surface area contributed by atoms with Crippen molar-refractivity contribution in [2.45, 2.75) is 0 Å². The van der Waals surface area contributed by atoms with E-state index in [0.29, 0.717) is 28.5 Å². The van der Waals surface area contributed by atoms with E-state index in [2.05, 4.69) is 20.5 Å². The van der Waals surface area contributed by atoms with E-state index in [-0.39, 0.29) is 11.4 Å². The van der Waals surface area contributed by atoms with Crippen LogP contribution in [0.1, 0.15) is 10.4 Å². The number of hydrogen-bond donors (Lipinski definition) is 2. The number of hydrogen-bond acceptors (Lipinski definition) is 6. The summed E-state index contributed by atoms with van der Waals surface area (Å²) in [6.45, 7) is 0. The first-order valence-electron chi connectivity index (χ1n) is 7.83. The summed E-state index contributed by atoms with van der Waals surface area (Å²) < 4.78 is 29.2. The zero-order valence-electron chi connectivity index (χ0n) is 14.9. The first-order chi connectivity index (χ1) is 13.0. The Morgan fingerprint density at radius 3 is 2.33 bits per heavy atom. The van der Waals surface area contributed by atoms with Gasteiger partial charge in [-0.05, 0) is 18.2 Å². The molecule has 2 heterocycles. The number of rotatable bonds is 6. The van der Waals surface area contributed by atoms with Gasteiger partial charge in [0, 0.05) is 17.8 Å². The van der Waals surface area contributed by atoms with E-state index in [9.17, 15) is 9.18 Å². The Balaban J connectivity index is 1.86. The number of carbonyl (C=O) groups is 1. The number of benzene rings is 1. The van der Waals surface area contributed by atoms with E-state index in [1.54, 1.807) is 18.2 Å². The third-order valence-corrected chi connectivity index (χ3v) is 3.76. The number of H-pyrrole nitrogens is 1. The van der Waals surface area contributed by atoms with Gasteiger partial charge >= 0.3 is 0 Å². The number of amides is 1. The van der Waals surface area contributed by atoms with Crippen LogP contribution < -0.4 is 19.5 Å². The molecule has 0 unspecified atom stereocenters. The van der Waals surface area contributed by atoms with Crippen LogP contribution >= 0.6 is 0 Å². The molecule has 0 atom stereocenters. The van der Waals surface area contributed by atoms with Crippen LogP contribution in [0.2, 0.25) is 0 Å². The van der Waals surface area contributed by atoms with Crippen molar-refractivity contribution in [3.8, 4) is 28.5 Å². The van der Waals surface area contributed by atoms with Crippen LogP contribution in [0.4, 0.5) is 10.2 Å². The Bertz CT molecular complexity index is 948. The van der Waals surface area contributed by atoms with Crippen LogP contribution in [0.15, 0.2) is 36.7 Å². The van der Waals surface area contributed by atoms with Crippen molar-refractivity contribution in [2.24, 2.45) is 0 Å². The topological polar surface area (TPSA) is 98.4 Å². The maximum absolute atomic E-state index is 13.2. The monoisotopic (exact) mass is 372 g/mol. The van der Waals surface area contributed by atoms with Crippen molar-refractivity contribution >= 4 is 11.7 Å². The van der Waals surface area contributed by atoms with Crippen LogP contribution in [0.5, 0.6) is 17.2 Å². The Morgan fingerprint density at radius 2 is 1.74 bits per heavy atom. The summed E-state index contributed by atoms with van der Waals surface area (Å²) in [5, 5.41) is 9.45. The number of pyridine rings is 1. The highest BCUT2D eigenvalue weighted by molar-refractivity contribution is 6.03. The molecule has 1 aromatic carbocycles. The van der Waals surface area contributed by atoms with Crippen LogP contribution in [-0.2, 0) is 0 Å². The van der Waals surface area contributed by atoms with E-state index in [1.807, 2.05) is 0 Å². The fourth-order valence-corrected chi connectivity index (χ4v) is 2.49. The SMILES string of the molecule is COc1cc(-c2cc(NC(=O)c3cncc(F)c3)n[nH]2)cc(OC)c1OC. The van der Waals surface area contributed by atoms with Gasteiger partial charge in [-0.25, -0.2) is 4.39 Å². The van der Waals surface area contributed by atoms with Crippen molar-refractivity contribution in [1.29, 1.82) is 0 Å². The molecule has 0 fully saturated rings. The second-order valence-electron chi connectivity index (χ2n) is 5.43. The molecule has 140 valence electrons. The van der Waals surface area contributed by atoms with Gasteiger partial charge in [0.25, 0.3) is 5.91 Å². The lowest BCUT2D eigenvalue weighted by Crippen LogP contribution is -2.12. The molecule has 0 aliphatic rings. The van der Waals surface area contributed by atoms with Gasteiger partial charge in [0.2, 0.25) is 5.75 Å². The third-order valence-electron chi connectivity index (χ3n) is 3.76. The first-order valence-corrected chi connectivity index (χ1v) is 7.83. The van der Waals surface area contributed by atoms with Crippen LogP contribution in [0.3, 0.4) is 0 Å². The summed E-state index contributed by atoms with van der Waals surface area (Å²) in [6, 6.07) is 6.22. The molecule has 8 nitrogen and oxygen atoms in total. The summed E-state index contributed by atoms with van der Waals surface area (Å²) in [5.74, 6) is 0.590. The van der Waals surface area contributed by atoms with Crippen LogP contribution in [0, 0.1) is 5.82 Å². The molecule has 3 aromatic rings. The van der Waals surface area contributed by atoms with Crippen molar-refractivity contribution in [1.82, 2.24) is 15.2 Å². The average molecular weight is 372 g/mol. The molecule has 0 radical (unpaired) electrons. The highest BCUT2D eigenvalue weighted by Crippen LogP contribution is 2.41. The van der Waals surface area contributed by atoms with Gasteiger partial charge in [0.15, 0.2) is 17.3 Å². The molecular formula is C18H17FN4O4. The van der Waals surface area contributed by atoms with Gasteiger partial charge in [0.1, 0.15) is 5.82 Å².